The molecule has 3 N–H and O–H groups in total. The zero-order valence-corrected chi connectivity index (χ0v) is 16.3. The Kier molecular flexibility index (Phi) is 7.51. The number of halogens is 1. The predicted molar refractivity (Wildman–Crippen MR) is 108 cm³/mol. The van der Waals surface area contributed by atoms with E-state index in [1.807, 2.05) is 18.2 Å². The van der Waals surface area contributed by atoms with Crippen molar-refractivity contribution in [3.05, 3.63) is 59.7 Å². The molecule has 1 heterocycles. The van der Waals surface area contributed by atoms with Gasteiger partial charge in [-0.25, -0.2) is 0 Å². The van der Waals surface area contributed by atoms with Crippen LogP contribution in [-0.2, 0) is 6.42 Å². The fraction of sp³-hybridized carbons (Fsp3) is 0.381. The van der Waals surface area contributed by atoms with Crippen LogP contribution in [0.15, 0.2) is 48.5 Å². The Morgan fingerprint density at radius 3 is 2.63 bits per heavy atom. The number of likely N-dealkylation sites (tertiary alicyclic amines) is 1. The minimum atomic E-state index is -0.314. The van der Waals surface area contributed by atoms with Crippen LogP contribution in [0, 0.1) is 5.92 Å². The highest BCUT2D eigenvalue weighted by atomic mass is 35.5. The molecule has 6 heteroatoms. The molecular weight excluding hydrogens is 364 g/mol. The molecule has 27 heavy (non-hydrogen) atoms. The van der Waals surface area contributed by atoms with Crippen molar-refractivity contribution in [2.24, 2.45) is 5.92 Å². The van der Waals surface area contributed by atoms with Gasteiger partial charge in [-0.2, -0.15) is 0 Å². The molecule has 0 radical (unpaired) electrons. The lowest BCUT2D eigenvalue weighted by Gasteiger charge is -2.39. The van der Waals surface area contributed by atoms with Crippen LogP contribution in [0.25, 0.3) is 0 Å². The van der Waals surface area contributed by atoms with E-state index in [4.69, 9.17) is 0 Å². The minimum Gasteiger partial charge on any atom is -0.508 e. The number of carbonyl (C=O) groups is 1. The van der Waals surface area contributed by atoms with Crippen molar-refractivity contribution in [2.75, 3.05) is 13.1 Å². The van der Waals surface area contributed by atoms with E-state index in [1.165, 1.54) is 23.8 Å². The van der Waals surface area contributed by atoms with Crippen LogP contribution in [0.5, 0.6) is 11.5 Å². The third-order valence-electron chi connectivity index (χ3n) is 5.03. The summed E-state index contributed by atoms with van der Waals surface area (Å²) in [5.74, 6) is -0.0370. The third-order valence-corrected chi connectivity index (χ3v) is 5.03. The van der Waals surface area contributed by atoms with Crippen molar-refractivity contribution in [3.8, 4) is 11.5 Å². The highest BCUT2D eigenvalue weighted by Gasteiger charge is 2.28. The van der Waals surface area contributed by atoms with Gasteiger partial charge in [0, 0.05) is 19.2 Å². The maximum atomic E-state index is 12.6. The standard InChI is InChI=1S/C21H26N2O3.ClH/c1-15-9-11-23(12-10-16-5-3-2-4-6-16)20(13-15)22-21(26)18-8-7-17(24)14-19(18)25;/h2-8,14-15,20,24-25H,9-13H2,1H3,(H,22,26);1H. The van der Waals surface area contributed by atoms with Gasteiger partial charge in [0.2, 0.25) is 0 Å². The monoisotopic (exact) mass is 390 g/mol. The first-order valence-corrected chi connectivity index (χ1v) is 9.14. The van der Waals surface area contributed by atoms with Crippen LogP contribution < -0.4 is 5.32 Å². The fourth-order valence-corrected chi connectivity index (χ4v) is 3.47. The molecule has 5 nitrogen and oxygen atoms in total. The molecule has 2 atom stereocenters. The topological polar surface area (TPSA) is 72.8 Å². The maximum Gasteiger partial charge on any atom is 0.256 e. The summed E-state index contributed by atoms with van der Waals surface area (Å²) in [5.41, 5.74) is 1.47. The van der Waals surface area contributed by atoms with E-state index in [-0.39, 0.29) is 41.5 Å². The van der Waals surface area contributed by atoms with Gasteiger partial charge in [-0.15, -0.1) is 12.4 Å². The zero-order valence-electron chi connectivity index (χ0n) is 15.5. The van der Waals surface area contributed by atoms with Crippen LogP contribution in [0.2, 0.25) is 0 Å². The van der Waals surface area contributed by atoms with Gasteiger partial charge in [0.15, 0.2) is 0 Å². The second kappa shape index (κ2) is 9.62. The molecule has 1 aliphatic rings. The lowest BCUT2D eigenvalue weighted by molar-refractivity contribution is 0.0694. The Labute approximate surface area is 166 Å². The summed E-state index contributed by atoms with van der Waals surface area (Å²) in [4.78, 5) is 14.9. The highest BCUT2D eigenvalue weighted by Crippen LogP contribution is 2.25. The molecule has 3 rings (SSSR count). The predicted octanol–water partition coefficient (Wildman–Crippen LogP) is 3.55. The van der Waals surface area contributed by atoms with E-state index in [0.717, 1.165) is 32.4 Å². The molecule has 0 aliphatic carbocycles. The molecule has 1 aliphatic heterocycles. The lowest BCUT2D eigenvalue weighted by Crippen LogP contribution is -2.52. The van der Waals surface area contributed by atoms with E-state index in [0.29, 0.717) is 5.92 Å². The number of amides is 1. The maximum absolute atomic E-state index is 12.6. The number of phenolic OH excluding ortho intramolecular Hbond substituents is 2. The molecule has 0 bridgehead atoms. The largest absolute Gasteiger partial charge is 0.508 e. The van der Waals surface area contributed by atoms with E-state index in [1.54, 1.807) is 0 Å². The number of piperidine rings is 1. The second-order valence-electron chi connectivity index (χ2n) is 7.09. The molecule has 1 amide bonds. The normalized spacial score (nSPS) is 19.9. The molecular formula is C21H27ClN2O3. The number of aromatic hydroxyl groups is 2. The fourth-order valence-electron chi connectivity index (χ4n) is 3.47. The van der Waals surface area contributed by atoms with Crippen LogP contribution in [0.3, 0.4) is 0 Å². The molecule has 2 aromatic rings. The number of nitrogens with zero attached hydrogens (tertiary/aromatic N) is 1. The van der Waals surface area contributed by atoms with Gasteiger partial charge in [0.1, 0.15) is 11.5 Å². The Hall–Kier alpha value is -2.24. The van der Waals surface area contributed by atoms with E-state index < -0.39 is 0 Å². The van der Waals surface area contributed by atoms with Crippen molar-refractivity contribution in [2.45, 2.75) is 32.4 Å². The van der Waals surface area contributed by atoms with Gasteiger partial charge >= 0.3 is 0 Å². The van der Waals surface area contributed by atoms with Crippen LogP contribution in [0.4, 0.5) is 0 Å². The van der Waals surface area contributed by atoms with Gasteiger partial charge in [-0.05, 0) is 42.9 Å². The molecule has 2 aromatic carbocycles. The van der Waals surface area contributed by atoms with Gasteiger partial charge in [-0.1, -0.05) is 37.3 Å². The second-order valence-corrected chi connectivity index (χ2v) is 7.09. The SMILES string of the molecule is CC1CCN(CCc2ccccc2)C(NC(=O)c2ccc(O)cc2O)C1.Cl. The smallest absolute Gasteiger partial charge is 0.256 e. The quantitative estimate of drug-likeness (QED) is 0.730. The zero-order chi connectivity index (χ0) is 18.5. The van der Waals surface area contributed by atoms with Crippen LogP contribution in [-0.4, -0.2) is 40.3 Å². The first kappa shape index (κ1) is 21.1. The summed E-state index contributed by atoms with van der Waals surface area (Å²) in [6.07, 6.45) is 2.89. The summed E-state index contributed by atoms with van der Waals surface area (Å²) < 4.78 is 0. The van der Waals surface area contributed by atoms with Crippen molar-refractivity contribution in [1.82, 2.24) is 10.2 Å². The molecule has 146 valence electrons. The number of phenols is 2. The first-order chi connectivity index (χ1) is 12.5. The molecule has 0 saturated carbocycles. The Balaban J connectivity index is 0.00000261. The van der Waals surface area contributed by atoms with Crippen molar-refractivity contribution in [3.63, 3.8) is 0 Å². The van der Waals surface area contributed by atoms with Crippen LogP contribution in [0.1, 0.15) is 35.7 Å². The van der Waals surface area contributed by atoms with Gasteiger partial charge < -0.3 is 15.5 Å². The summed E-state index contributed by atoms with van der Waals surface area (Å²) in [6.45, 7) is 4.02. The van der Waals surface area contributed by atoms with Gasteiger partial charge in [0.05, 0.1) is 11.7 Å². The lowest BCUT2D eigenvalue weighted by atomic mass is 9.95. The molecule has 2 unspecified atom stereocenters. The van der Waals surface area contributed by atoms with Crippen molar-refractivity contribution >= 4 is 18.3 Å². The average Bonchev–Trinajstić information content (AvgIpc) is 2.62. The summed E-state index contributed by atoms with van der Waals surface area (Å²) in [6, 6.07) is 14.4. The number of hydrogen-bond acceptors (Lipinski definition) is 4. The highest BCUT2D eigenvalue weighted by molar-refractivity contribution is 5.97. The van der Waals surface area contributed by atoms with Gasteiger partial charge in [-0.3, -0.25) is 9.69 Å². The van der Waals surface area contributed by atoms with Crippen molar-refractivity contribution < 1.29 is 15.0 Å². The van der Waals surface area contributed by atoms with E-state index in [9.17, 15) is 15.0 Å². The summed E-state index contributed by atoms with van der Waals surface area (Å²) in [5, 5.41) is 22.4. The van der Waals surface area contributed by atoms with E-state index in [2.05, 4.69) is 29.3 Å². The third kappa shape index (κ3) is 5.62. The molecule has 1 fully saturated rings. The summed E-state index contributed by atoms with van der Waals surface area (Å²) in [7, 11) is 0. The Morgan fingerprint density at radius 1 is 1.19 bits per heavy atom. The number of hydrogen-bond donors (Lipinski definition) is 3. The molecule has 0 spiro atoms. The molecule has 1 saturated heterocycles. The van der Waals surface area contributed by atoms with Crippen LogP contribution >= 0.6 is 12.4 Å². The molecule has 0 aromatic heterocycles. The van der Waals surface area contributed by atoms with Crippen molar-refractivity contribution in [1.29, 1.82) is 0 Å². The number of benzene rings is 2. The number of carbonyl (C=O) groups excluding carboxylic acids is 1. The number of nitrogens with one attached hydrogen (secondary N) is 1. The minimum absolute atomic E-state index is 0. The van der Waals surface area contributed by atoms with Gasteiger partial charge in [0.25, 0.3) is 5.91 Å². The Bertz CT molecular complexity index is 754. The first-order valence-electron chi connectivity index (χ1n) is 9.14. The summed E-state index contributed by atoms with van der Waals surface area (Å²) >= 11 is 0. The average molecular weight is 391 g/mol. The number of rotatable bonds is 5. The Morgan fingerprint density at radius 2 is 1.93 bits per heavy atom. The van der Waals surface area contributed by atoms with E-state index >= 15 is 0 Å².